The normalized spacial score (nSPS) is 16.3. The summed E-state index contributed by atoms with van der Waals surface area (Å²) in [4.78, 5) is 35.9. The number of halogens is 3. The van der Waals surface area contributed by atoms with Gasteiger partial charge in [0.05, 0.1) is 12.4 Å². The second-order valence-electron chi connectivity index (χ2n) is 6.50. The molecule has 3 rings (SSSR count). The van der Waals surface area contributed by atoms with Crippen LogP contribution in [0.5, 0.6) is 0 Å². The van der Waals surface area contributed by atoms with Gasteiger partial charge >= 0.3 is 6.18 Å². The molecule has 2 aromatic rings. The molecule has 0 radical (unpaired) electrons. The second-order valence-corrected chi connectivity index (χ2v) is 6.50. The van der Waals surface area contributed by atoms with Gasteiger partial charge in [0.2, 0.25) is 5.91 Å². The molecule has 0 aliphatic heterocycles. The van der Waals surface area contributed by atoms with Crippen LogP contribution >= 0.6 is 0 Å². The minimum Gasteiger partial charge on any atom is -0.308 e. The van der Waals surface area contributed by atoms with E-state index in [9.17, 15) is 22.8 Å². The van der Waals surface area contributed by atoms with Crippen LogP contribution in [-0.4, -0.2) is 25.4 Å². The van der Waals surface area contributed by atoms with Gasteiger partial charge in [-0.1, -0.05) is 25.7 Å². The topological polar surface area (TPSA) is 89.8 Å². The number of nitrogens with one attached hydrogen (secondary N) is 1. The summed E-state index contributed by atoms with van der Waals surface area (Å²) in [6, 6.07) is -1.09. The highest BCUT2D eigenvalue weighted by Gasteiger charge is 2.35. The van der Waals surface area contributed by atoms with E-state index in [1.165, 1.54) is 18.6 Å². The zero-order valence-electron chi connectivity index (χ0n) is 14.3. The lowest BCUT2D eigenvalue weighted by atomic mass is 9.97. The molecular formula is C17H18F3N5O2. The Kier molecular flexibility index (Phi) is 5.52. The highest BCUT2D eigenvalue weighted by atomic mass is 19.4. The zero-order valence-corrected chi connectivity index (χ0v) is 14.3. The van der Waals surface area contributed by atoms with Gasteiger partial charge in [0.15, 0.2) is 11.5 Å². The number of hydrogen-bond acceptors (Lipinski definition) is 5. The SMILES string of the molecule is O=C(Nc1cnccn1)C(CC1CCCC1)n1cc(C(F)(F)F)ncc1=O. The van der Waals surface area contributed by atoms with Gasteiger partial charge in [-0.25, -0.2) is 9.97 Å². The van der Waals surface area contributed by atoms with Crippen molar-refractivity contribution in [2.75, 3.05) is 5.32 Å². The molecule has 2 heterocycles. The fourth-order valence-corrected chi connectivity index (χ4v) is 3.29. The van der Waals surface area contributed by atoms with Crippen molar-refractivity contribution in [3.63, 3.8) is 0 Å². The molecule has 27 heavy (non-hydrogen) atoms. The zero-order chi connectivity index (χ0) is 19.4. The van der Waals surface area contributed by atoms with Gasteiger partial charge < -0.3 is 5.32 Å². The van der Waals surface area contributed by atoms with E-state index in [2.05, 4.69) is 20.3 Å². The van der Waals surface area contributed by atoms with Crippen molar-refractivity contribution < 1.29 is 18.0 Å². The molecular weight excluding hydrogens is 363 g/mol. The molecule has 2 aromatic heterocycles. The Morgan fingerprint density at radius 3 is 2.59 bits per heavy atom. The maximum absolute atomic E-state index is 13.0. The average Bonchev–Trinajstić information content (AvgIpc) is 3.13. The van der Waals surface area contributed by atoms with Gasteiger partial charge in [-0.15, -0.1) is 0 Å². The molecule has 0 aromatic carbocycles. The smallest absolute Gasteiger partial charge is 0.308 e. The van der Waals surface area contributed by atoms with Crippen LogP contribution in [-0.2, 0) is 11.0 Å². The Morgan fingerprint density at radius 1 is 1.22 bits per heavy atom. The maximum atomic E-state index is 13.0. The van der Waals surface area contributed by atoms with Crippen molar-refractivity contribution in [1.29, 1.82) is 0 Å². The molecule has 1 atom stereocenters. The maximum Gasteiger partial charge on any atom is 0.434 e. The van der Waals surface area contributed by atoms with Crippen LogP contribution in [0.1, 0.15) is 43.8 Å². The predicted molar refractivity (Wildman–Crippen MR) is 89.8 cm³/mol. The van der Waals surface area contributed by atoms with Crippen molar-refractivity contribution in [2.24, 2.45) is 5.92 Å². The first-order chi connectivity index (χ1) is 12.8. The van der Waals surface area contributed by atoms with Crippen LogP contribution in [0.15, 0.2) is 35.8 Å². The molecule has 1 amide bonds. The number of nitrogens with zero attached hydrogens (tertiary/aromatic N) is 4. The Bertz CT molecular complexity index is 848. The lowest BCUT2D eigenvalue weighted by Crippen LogP contribution is -2.35. The first-order valence-corrected chi connectivity index (χ1v) is 8.57. The van der Waals surface area contributed by atoms with Crippen LogP contribution in [0.4, 0.5) is 19.0 Å². The minimum absolute atomic E-state index is 0.164. The highest BCUT2D eigenvalue weighted by molar-refractivity contribution is 5.92. The Labute approximate surface area is 152 Å². The van der Waals surface area contributed by atoms with E-state index in [-0.39, 0.29) is 18.2 Å². The van der Waals surface area contributed by atoms with Gasteiger partial charge in [-0.3, -0.25) is 19.1 Å². The summed E-state index contributed by atoms with van der Waals surface area (Å²) in [7, 11) is 0. The molecule has 1 aliphatic rings. The number of hydrogen-bond donors (Lipinski definition) is 1. The fraction of sp³-hybridized carbons (Fsp3) is 0.471. The summed E-state index contributed by atoms with van der Waals surface area (Å²) in [6.07, 6.45) is 4.64. The van der Waals surface area contributed by atoms with E-state index < -0.39 is 29.4 Å². The van der Waals surface area contributed by atoms with Crippen molar-refractivity contribution >= 4 is 11.7 Å². The molecule has 0 spiro atoms. The summed E-state index contributed by atoms with van der Waals surface area (Å²) >= 11 is 0. The largest absolute Gasteiger partial charge is 0.434 e. The lowest BCUT2D eigenvalue weighted by Gasteiger charge is -2.22. The second kappa shape index (κ2) is 7.85. The number of anilines is 1. The third kappa shape index (κ3) is 4.69. The van der Waals surface area contributed by atoms with Crippen LogP contribution in [0.3, 0.4) is 0 Å². The predicted octanol–water partition coefficient (Wildman–Crippen LogP) is 2.81. The van der Waals surface area contributed by atoms with Crippen LogP contribution < -0.4 is 10.9 Å². The first kappa shape index (κ1) is 19.0. The van der Waals surface area contributed by atoms with Crippen LogP contribution in [0.25, 0.3) is 0 Å². The van der Waals surface area contributed by atoms with Crippen molar-refractivity contribution in [1.82, 2.24) is 19.5 Å². The molecule has 0 saturated heterocycles. The van der Waals surface area contributed by atoms with Gasteiger partial charge in [-0.2, -0.15) is 13.2 Å². The monoisotopic (exact) mass is 381 g/mol. The summed E-state index contributed by atoms with van der Waals surface area (Å²) in [6.45, 7) is 0. The third-order valence-corrected chi connectivity index (χ3v) is 4.60. The summed E-state index contributed by atoms with van der Waals surface area (Å²) < 4.78 is 39.9. The Hall–Kier alpha value is -2.78. The van der Waals surface area contributed by atoms with E-state index in [1.807, 2.05) is 0 Å². The van der Waals surface area contributed by atoms with Gasteiger partial charge in [-0.05, 0) is 12.3 Å². The highest BCUT2D eigenvalue weighted by Crippen LogP contribution is 2.33. The summed E-state index contributed by atoms with van der Waals surface area (Å²) in [5.41, 5.74) is -1.98. The van der Waals surface area contributed by atoms with Crippen molar-refractivity contribution in [3.05, 3.63) is 47.0 Å². The van der Waals surface area contributed by atoms with Crippen molar-refractivity contribution in [2.45, 2.75) is 44.3 Å². The van der Waals surface area contributed by atoms with E-state index in [0.717, 1.165) is 30.3 Å². The quantitative estimate of drug-likeness (QED) is 0.860. The molecule has 1 fully saturated rings. The Balaban J connectivity index is 1.94. The molecule has 1 unspecified atom stereocenters. The van der Waals surface area contributed by atoms with Gasteiger partial charge in [0.1, 0.15) is 6.04 Å². The summed E-state index contributed by atoms with van der Waals surface area (Å²) in [5, 5.41) is 2.53. The summed E-state index contributed by atoms with van der Waals surface area (Å²) in [5.74, 6) is -0.280. The standard InChI is InChI=1S/C17H18F3N5O2/c18-17(19,20)13-10-25(15(26)9-23-13)12(7-11-3-1-2-4-11)16(27)24-14-8-21-5-6-22-14/h5-6,8-12H,1-4,7H2,(H,22,24,27). The molecule has 1 N–H and O–H groups in total. The van der Waals surface area contributed by atoms with Crippen molar-refractivity contribution in [3.8, 4) is 0 Å². The van der Waals surface area contributed by atoms with Crippen LogP contribution in [0, 0.1) is 5.92 Å². The number of rotatable bonds is 5. The molecule has 1 aliphatic carbocycles. The van der Waals surface area contributed by atoms with E-state index in [1.54, 1.807) is 0 Å². The molecule has 144 valence electrons. The van der Waals surface area contributed by atoms with Gasteiger partial charge in [0, 0.05) is 18.6 Å². The number of aromatic nitrogens is 4. The molecule has 1 saturated carbocycles. The molecule has 0 bridgehead atoms. The van der Waals surface area contributed by atoms with Gasteiger partial charge in [0.25, 0.3) is 5.56 Å². The number of amides is 1. The number of alkyl halides is 3. The number of carbonyl (C=O) groups excluding carboxylic acids is 1. The Morgan fingerprint density at radius 2 is 1.96 bits per heavy atom. The minimum atomic E-state index is -4.71. The van der Waals surface area contributed by atoms with Crippen LogP contribution in [0.2, 0.25) is 0 Å². The first-order valence-electron chi connectivity index (χ1n) is 8.57. The van der Waals surface area contributed by atoms with E-state index >= 15 is 0 Å². The number of carbonyl (C=O) groups is 1. The molecule has 7 nitrogen and oxygen atoms in total. The molecule has 10 heteroatoms. The van der Waals surface area contributed by atoms with E-state index in [4.69, 9.17) is 0 Å². The fourth-order valence-electron chi connectivity index (χ4n) is 3.29. The third-order valence-electron chi connectivity index (χ3n) is 4.60. The van der Waals surface area contributed by atoms with E-state index in [0.29, 0.717) is 12.4 Å². The lowest BCUT2D eigenvalue weighted by molar-refractivity contribution is -0.142. The average molecular weight is 381 g/mol.